The van der Waals surface area contributed by atoms with E-state index in [-0.39, 0.29) is 42.9 Å². The maximum absolute atomic E-state index is 4.81. The van der Waals surface area contributed by atoms with Crippen LogP contribution in [-0.2, 0) is 0 Å². The van der Waals surface area contributed by atoms with Crippen molar-refractivity contribution in [2.45, 2.75) is 4.30 Å². The molecule has 0 rings (SSSR count). The quantitative estimate of drug-likeness (QED) is 0.466. The first-order valence-electron chi connectivity index (χ1n) is 0.655. The van der Waals surface area contributed by atoms with E-state index in [0.29, 0.717) is 0 Å². The van der Waals surface area contributed by atoms with Gasteiger partial charge < -0.3 is 0 Å². The molecule has 0 heterocycles. The van der Waals surface area contributed by atoms with Gasteiger partial charge >= 0.3 is 0 Å². The normalized spacial score (nSPS) is 6.00. The Balaban J connectivity index is -0.0000000450. The number of hydrogen-bond acceptors (Lipinski definition) is 0. The molecule has 0 unspecified atom stereocenters. The predicted molar refractivity (Wildman–Crippen MR) is 32.9 cm³/mol. The summed E-state index contributed by atoms with van der Waals surface area (Å²) in [6.07, 6.45) is 0. The summed E-state index contributed by atoms with van der Waals surface area (Å²) in [5, 5.41) is 0. The molecule has 0 saturated carbocycles. The van der Waals surface area contributed by atoms with Crippen molar-refractivity contribution in [3.8, 4) is 0 Å². The maximum atomic E-state index is 4.81. The second-order valence-electron chi connectivity index (χ2n) is 0.247. The number of alkyl halides is 3. The molecule has 0 saturated heterocycles. The van der Waals surface area contributed by atoms with Crippen LogP contribution in [0.1, 0.15) is 0 Å². The third kappa shape index (κ3) is 33.9. The Morgan fingerprint density at radius 1 is 1.00 bits per heavy atom. The molecule has 0 spiro atoms. The van der Waals surface area contributed by atoms with E-state index in [1.54, 1.807) is 0 Å². The van der Waals surface area contributed by atoms with Gasteiger partial charge in [0.1, 0.15) is 0 Å². The molecule has 0 aliphatic carbocycles. The van der Waals surface area contributed by atoms with Crippen LogP contribution in [0.3, 0.4) is 0 Å². The molecule has 0 amide bonds. The van der Waals surface area contributed by atoms with Gasteiger partial charge in [0.05, 0.1) is 0 Å². The van der Waals surface area contributed by atoms with Crippen molar-refractivity contribution in [2.24, 2.45) is 0 Å². The molecule has 6 heavy (non-hydrogen) atoms. The van der Waals surface area contributed by atoms with E-state index in [2.05, 4.69) is 0 Å². The fraction of sp³-hybridized carbons (Fsp3) is 1.00. The second-order valence-corrected chi connectivity index (χ2v) is 2.23. The molecular formula is CHCl3InSe. The molecule has 0 atom stereocenters. The van der Waals surface area contributed by atoms with Crippen LogP contribution in [0.25, 0.3) is 0 Å². The zero-order valence-electron chi connectivity index (χ0n) is 2.70. The van der Waals surface area contributed by atoms with Gasteiger partial charge in [0.2, 0.25) is 0 Å². The summed E-state index contributed by atoms with van der Waals surface area (Å²) in [7, 11) is 0. The topological polar surface area (TPSA) is 0 Å². The van der Waals surface area contributed by atoms with Gasteiger partial charge in [0.15, 0.2) is 4.30 Å². The van der Waals surface area contributed by atoms with Gasteiger partial charge in [-0.1, -0.05) is 34.8 Å². The number of hydrogen-bond donors (Lipinski definition) is 0. The molecule has 0 N–H and O–H groups in total. The zero-order valence-corrected chi connectivity index (χ0v) is 9.97. The smallest absolute Gasteiger partial charge is 0.0874 e. The predicted octanol–water partition coefficient (Wildman–Crippen LogP) is 1.22. The van der Waals surface area contributed by atoms with E-state index in [0.717, 1.165) is 0 Å². The van der Waals surface area contributed by atoms with Crippen LogP contribution in [0.2, 0.25) is 0 Å². The standard InChI is InChI=1S/CHCl3.In.Se/c2-1(3)4;;/h1H;;. The summed E-state index contributed by atoms with van der Waals surface area (Å²) in [6, 6.07) is 0. The molecular weight excluding hydrogens is 312 g/mol. The third-order valence-corrected chi connectivity index (χ3v) is 0. The summed E-state index contributed by atoms with van der Waals surface area (Å²) in [5.41, 5.74) is 0. The molecule has 0 aliphatic rings. The average Bonchev–Trinajstić information content (AvgIpc) is 0.811. The summed E-state index contributed by atoms with van der Waals surface area (Å²) < 4.78 is -0.750. The van der Waals surface area contributed by atoms with Gasteiger partial charge in [-0.3, -0.25) is 0 Å². The molecule has 0 fully saturated rings. The van der Waals surface area contributed by atoms with E-state index in [4.69, 9.17) is 34.8 Å². The molecule has 0 aromatic heterocycles. The zero-order chi connectivity index (χ0) is 3.58. The van der Waals surface area contributed by atoms with Crippen molar-refractivity contribution in [1.29, 1.82) is 0 Å². The third-order valence-electron chi connectivity index (χ3n) is 0. The average molecular weight is 313 g/mol. The van der Waals surface area contributed by atoms with Crippen LogP contribution in [0, 0.1) is 0 Å². The van der Waals surface area contributed by atoms with Crippen molar-refractivity contribution >= 4 is 77.7 Å². The first-order chi connectivity index (χ1) is 1.73. The van der Waals surface area contributed by atoms with Crippen molar-refractivity contribution in [3.63, 3.8) is 0 Å². The summed E-state index contributed by atoms with van der Waals surface area (Å²) in [4.78, 5) is 0. The van der Waals surface area contributed by atoms with Crippen LogP contribution in [0.5, 0.6) is 0 Å². The fourth-order valence-electron chi connectivity index (χ4n) is 0. The fourth-order valence-corrected chi connectivity index (χ4v) is 0. The minimum Gasteiger partial charge on any atom is -0.0874 e. The van der Waals surface area contributed by atoms with Crippen LogP contribution >= 0.6 is 34.8 Å². The van der Waals surface area contributed by atoms with E-state index < -0.39 is 4.30 Å². The van der Waals surface area contributed by atoms with Gasteiger partial charge in [0, 0.05) is 42.9 Å². The van der Waals surface area contributed by atoms with Gasteiger partial charge in [-0.15, -0.1) is 0 Å². The second kappa shape index (κ2) is 10.3. The molecule has 0 aromatic carbocycles. The first-order valence-corrected chi connectivity index (χ1v) is 1.96. The first kappa shape index (κ1) is 15.7. The Labute approximate surface area is 81.2 Å². The van der Waals surface area contributed by atoms with Crippen molar-refractivity contribution in [2.75, 3.05) is 0 Å². The van der Waals surface area contributed by atoms with Gasteiger partial charge in [-0.2, -0.15) is 0 Å². The van der Waals surface area contributed by atoms with Crippen LogP contribution in [-0.4, -0.2) is 47.2 Å². The summed E-state index contributed by atoms with van der Waals surface area (Å²) >= 11 is 14.4. The van der Waals surface area contributed by atoms with E-state index in [1.165, 1.54) is 0 Å². The number of rotatable bonds is 0. The molecule has 0 aliphatic heterocycles. The van der Waals surface area contributed by atoms with Crippen molar-refractivity contribution in [3.05, 3.63) is 0 Å². The van der Waals surface area contributed by atoms with E-state index in [1.807, 2.05) is 0 Å². The Bertz CT molecular complexity index is 15.5. The molecule has 0 bridgehead atoms. The van der Waals surface area contributed by atoms with Gasteiger partial charge in [-0.25, -0.2) is 0 Å². The largest absolute Gasteiger partial charge is 0.180 e. The van der Waals surface area contributed by atoms with Crippen LogP contribution < -0.4 is 0 Å². The Morgan fingerprint density at radius 2 is 1.00 bits per heavy atom. The Morgan fingerprint density at radius 3 is 1.00 bits per heavy atom. The van der Waals surface area contributed by atoms with Crippen molar-refractivity contribution < 1.29 is 0 Å². The molecule has 0 aromatic rings. The maximum Gasteiger partial charge on any atom is 0.180 e. The molecule has 5 radical (unpaired) electrons. The van der Waals surface area contributed by atoms with E-state index in [9.17, 15) is 0 Å². The Hall–Kier alpha value is 2.26. The van der Waals surface area contributed by atoms with Crippen LogP contribution in [0.15, 0.2) is 0 Å². The van der Waals surface area contributed by atoms with Crippen molar-refractivity contribution in [1.82, 2.24) is 0 Å². The molecule has 0 nitrogen and oxygen atoms in total. The monoisotopic (exact) mass is 313 g/mol. The minimum absolute atomic E-state index is 0. The van der Waals surface area contributed by atoms with E-state index >= 15 is 0 Å². The van der Waals surface area contributed by atoms with Gasteiger partial charge in [0.25, 0.3) is 0 Å². The SMILES string of the molecule is ClC(Cl)Cl.[In].[Se]. The molecule has 5 heteroatoms. The number of halogens is 3. The van der Waals surface area contributed by atoms with Crippen LogP contribution in [0.4, 0.5) is 0 Å². The minimum atomic E-state index is -0.750. The summed E-state index contributed by atoms with van der Waals surface area (Å²) in [5.74, 6) is 0. The van der Waals surface area contributed by atoms with Gasteiger partial charge in [-0.05, 0) is 0 Å². The molecule has 35 valence electrons. The Kier molecular flexibility index (Phi) is 27.0. The summed E-state index contributed by atoms with van der Waals surface area (Å²) in [6.45, 7) is 0.